The van der Waals surface area contributed by atoms with E-state index >= 15 is 0 Å². The Morgan fingerprint density at radius 3 is 1.94 bits per heavy atom. The summed E-state index contributed by atoms with van der Waals surface area (Å²) in [6, 6.07) is 29.8. The molecule has 0 aliphatic carbocycles. The van der Waals surface area contributed by atoms with Crippen molar-refractivity contribution in [1.82, 2.24) is 14.8 Å². The van der Waals surface area contributed by atoms with Crippen LogP contribution in [-0.2, 0) is 24.4 Å². The molecule has 3 aromatic carbocycles. The number of methoxy groups -OCH3 is 2. The van der Waals surface area contributed by atoms with E-state index in [1.165, 1.54) is 33.6 Å². The molecule has 0 radical (unpaired) electrons. The number of hydrogen-bond acceptors (Lipinski definition) is 8. The van der Waals surface area contributed by atoms with Gasteiger partial charge in [-0.2, -0.15) is 0 Å². The molecule has 0 atom stereocenters. The minimum Gasteiger partial charge on any atom is -0.497 e. The van der Waals surface area contributed by atoms with Crippen molar-refractivity contribution in [1.29, 1.82) is 0 Å². The molecule has 1 saturated heterocycles. The van der Waals surface area contributed by atoms with Gasteiger partial charge in [0.05, 0.1) is 19.9 Å². The zero-order chi connectivity index (χ0) is 37.3. The normalized spacial score (nSPS) is 13.6. The Bertz CT molecular complexity index is 1680. The lowest BCUT2D eigenvalue weighted by molar-refractivity contribution is 0.0286. The second kappa shape index (κ2) is 17.6. The van der Waals surface area contributed by atoms with Crippen molar-refractivity contribution < 1.29 is 19.0 Å². The molecule has 1 aliphatic rings. The number of hydrogen-bond donors (Lipinski definition) is 0. The van der Waals surface area contributed by atoms with Gasteiger partial charge in [0.1, 0.15) is 22.9 Å². The van der Waals surface area contributed by atoms with Crippen LogP contribution >= 0.6 is 0 Å². The van der Waals surface area contributed by atoms with E-state index in [9.17, 15) is 4.79 Å². The number of rotatable bonds is 14. The van der Waals surface area contributed by atoms with Gasteiger partial charge in [-0.05, 0) is 112 Å². The number of pyridine rings is 1. The molecule has 0 saturated carbocycles. The predicted molar refractivity (Wildman–Crippen MR) is 211 cm³/mol. The zero-order valence-electron chi connectivity index (χ0n) is 32.4. The van der Waals surface area contributed by atoms with Crippen LogP contribution in [0.4, 0.5) is 16.3 Å². The van der Waals surface area contributed by atoms with E-state index in [0.717, 1.165) is 49.8 Å². The SMILES string of the molecule is COc1ccc(CN(Cc2ccc(OC)cc2)c2ccc(CN(C)CCN(C)C(=O)OC(C)(C)C)c(C3CCN(c4cccc(C)c4)CC3)n2)cc1. The maximum atomic E-state index is 12.6. The van der Waals surface area contributed by atoms with Crippen LogP contribution in [0.5, 0.6) is 11.5 Å². The quantitative estimate of drug-likeness (QED) is 0.130. The van der Waals surface area contributed by atoms with Crippen molar-refractivity contribution in [2.45, 2.75) is 71.7 Å². The van der Waals surface area contributed by atoms with E-state index in [1.807, 2.05) is 45.0 Å². The van der Waals surface area contributed by atoms with Crippen LogP contribution in [0.3, 0.4) is 0 Å². The van der Waals surface area contributed by atoms with Crippen molar-refractivity contribution in [2.75, 3.05) is 64.3 Å². The van der Waals surface area contributed by atoms with E-state index in [2.05, 4.69) is 89.3 Å². The molecule has 0 bridgehead atoms. The van der Waals surface area contributed by atoms with Crippen LogP contribution in [0, 0.1) is 6.92 Å². The van der Waals surface area contributed by atoms with Crippen LogP contribution < -0.4 is 19.3 Å². The molecule has 1 fully saturated rings. The number of aromatic nitrogens is 1. The van der Waals surface area contributed by atoms with Gasteiger partial charge in [-0.3, -0.25) is 0 Å². The van der Waals surface area contributed by atoms with Gasteiger partial charge in [-0.25, -0.2) is 9.78 Å². The third-order valence-corrected chi connectivity index (χ3v) is 9.60. The first-order valence-corrected chi connectivity index (χ1v) is 18.4. The number of amides is 1. The molecule has 1 aromatic heterocycles. The van der Waals surface area contributed by atoms with Gasteiger partial charge in [0.15, 0.2) is 0 Å². The Morgan fingerprint density at radius 2 is 1.40 bits per heavy atom. The van der Waals surface area contributed by atoms with E-state index in [-0.39, 0.29) is 6.09 Å². The van der Waals surface area contributed by atoms with Crippen LogP contribution in [0.25, 0.3) is 0 Å². The molecule has 1 aliphatic heterocycles. The van der Waals surface area contributed by atoms with Crippen LogP contribution in [-0.4, -0.2) is 81.0 Å². The lowest BCUT2D eigenvalue weighted by Gasteiger charge is -2.35. The van der Waals surface area contributed by atoms with Gasteiger partial charge in [0.2, 0.25) is 0 Å². The monoisotopic (exact) mass is 707 g/mol. The highest BCUT2D eigenvalue weighted by molar-refractivity contribution is 5.67. The van der Waals surface area contributed by atoms with Crippen LogP contribution in [0.15, 0.2) is 84.9 Å². The molecular weight excluding hydrogens is 651 g/mol. The summed E-state index contributed by atoms with van der Waals surface area (Å²) >= 11 is 0. The summed E-state index contributed by atoms with van der Waals surface area (Å²) in [6.07, 6.45) is 1.75. The maximum absolute atomic E-state index is 12.6. The number of carbonyl (C=O) groups is 1. The van der Waals surface area contributed by atoms with Gasteiger partial charge in [0, 0.05) is 64.5 Å². The average molecular weight is 708 g/mol. The Morgan fingerprint density at radius 1 is 0.808 bits per heavy atom. The molecule has 5 rings (SSSR count). The number of nitrogens with zero attached hydrogens (tertiary/aromatic N) is 5. The Hall–Kier alpha value is -4.76. The van der Waals surface area contributed by atoms with Crippen LogP contribution in [0.2, 0.25) is 0 Å². The molecule has 0 spiro atoms. The zero-order valence-corrected chi connectivity index (χ0v) is 32.4. The molecule has 9 nitrogen and oxygen atoms in total. The number of benzene rings is 3. The fraction of sp³-hybridized carbons (Fsp3) is 0.442. The van der Waals surface area contributed by atoms with E-state index < -0.39 is 5.60 Å². The second-order valence-corrected chi connectivity index (χ2v) is 15.0. The lowest BCUT2D eigenvalue weighted by atomic mass is 9.89. The van der Waals surface area contributed by atoms with Crippen molar-refractivity contribution in [3.63, 3.8) is 0 Å². The molecular formula is C43H57N5O4. The summed E-state index contributed by atoms with van der Waals surface area (Å²) in [7, 11) is 7.30. The molecule has 0 N–H and O–H groups in total. The first-order chi connectivity index (χ1) is 24.9. The summed E-state index contributed by atoms with van der Waals surface area (Å²) in [4.78, 5) is 26.9. The van der Waals surface area contributed by atoms with E-state index in [1.54, 1.807) is 26.2 Å². The molecule has 1 amide bonds. The van der Waals surface area contributed by atoms with Gasteiger partial charge >= 0.3 is 6.09 Å². The summed E-state index contributed by atoms with van der Waals surface area (Å²) in [6.45, 7) is 13.2. The van der Waals surface area contributed by atoms with Gasteiger partial charge in [-0.1, -0.05) is 42.5 Å². The average Bonchev–Trinajstić information content (AvgIpc) is 3.13. The maximum Gasteiger partial charge on any atom is 0.410 e. The first kappa shape index (κ1) is 38.5. The van der Waals surface area contributed by atoms with Crippen molar-refractivity contribution >= 4 is 17.6 Å². The first-order valence-electron chi connectivity index (χ1n) is 18.4. The standard InChI is InChI=1S/C43H57N5O4/c1-32-10-9-11-37(28-32)47-24-22-35(23-25-47)41-36(31-45(5)26-27-46(6)42(49)52-43(2,3)4)16-21-40(44-41)48(29-33-12-17-38(50-7)18-13-33)30-34-14-19-39(51-8)20-15-34/h9-21,28,35H,22-27,29-31H2,1-8H3. The number of aryl methyl sites for hydroxylation is 1. The van der Waals surface area contributed by atoms with Gasteiger partial charge in [0.25, 0.3) is 0 Å². The van der Waals surface area contributed by atoms with E-state index in [0.29, 0.717) is 32.1 Å². The van der Waals surface area contributed by atoms with Gasteiger partial charge in [-0.15, -0.1) is 0 Å². The van der Waals surface area contributed by atoms with E-state index in [4.69, 9.17) is 19.2 Å². The topological polar surface area (TPSA) is 70.6 Å². The van der Waals surface area contributed by atoms with Crippen LogP contribution in [0.1, 0.15) is 67.5 Å². The Kier molecular flexibility index (Phi) is 13.1. The molecule has 4 aromatic rings. The third kappa shape index (κ3) is 10.9. The molecule has 52 heavy (non-hydrogen) atoms. The number of likely N-dealkylation sites (N-methyl/N-ethyl adjacent to an activating group) is 2. The molecule has 0 unspecified atom stereocenters. The van der Waals surface area contributed by atoms with Gasteiger partial charge < -0.3 is 33.8 Å². The highest BCUT2D eigenvalue weighted by atomic mass is 16.6. The van der Waals surface area contributed by atoms with Crippen molar-refractivity contribution in [3.8, 4) is 11.5 Å². The Labute approximate surface area is 311 Å². The number of piperidine rings is 1. The summed E-state index contributed by atoms with van der Waals surface area (Å²) in [5.74, 6) is 2.97. The fourth-order valence-corrected chi connectivity index (χ4v) is 6.63. The van der Waals surface area contributed by atoms with Crippen molar-refractivity contribution in [2.24, 2.45) is 0 Å². The highest BCUT2D eigenvalue weighted by Gasteiger charge is 2.26. The minimum atomic E-state index is -0.525. The molecule has 9 heteroatoms. The fourth-order valence-electron chi connectivity index (χ4n) is 6.63. The number of anilines is 2. The molecule has 278 valence electrons. The molecule has 2 heterocycles. The number of carbonyl (C=O) groups excluding carboxylic acids is 1. The third-order valence-electron chi connectivity index (χ3n) is 9.60. The largest absolute Gasteiger partial charge is 0.497 e. The van der Waals surface area contributed by atoms with Crippen molar-refractivity contribution in [3.05, 3.63) is 113 Å². The lowest BCUT2D eigenvalue weighted by Crippen LogP contribution is -2.38. The minimum absolute atomic E-state index is 0.304. The Balaban J connectivity index is 1.41. The highest BCUT2D eigenvalue weighted by Crippen LogP contribution is 2.34. The summed E-state index contributed by atoms with van der Waals surface area (Å²) in [5.41, 5.74) is 6.81. The number of ether oxygens (including phenoxy) is 3. The summed E-state index contributed by atoms with van der Waals surface area (Å²) < 4.78 is 16.4. The predicted octanol–water partition coefficient (Wildman–Crippen LogP) is 8.30. The second-order valence-electron chi connectivity index (χ2n) is 15.0. The summed E-state index contributed by atoms with van der Waals surface area (Å²) in [5, 5.41) is 0. The smallest absolute Gasteiger partial charge is 0.410 e.